The minimum Gasteiger partial charge on any atom is -0.309 e. The van der Waals surface area contributed by atoms with Gasteiger partial charge in [0.1, 0.15) is 0 Å². The third-order valence-electron chi connectivity index (χ3n) is 11.0. The fraction of sp³-hybridized carbons (Fsp3) is 0.0612. The molecule has 236 valence electrons. The zero-order valence-electron chi connectivity index (χ0n) is 28.2. The number of hydrogen-bond acceptors (Lipinski definition) is 0. The van der Waals surface area contributed by atoms with E-state index in [0.717, 1.165) is 5.69 Å². The highest BCUT2D eigenvalue weighted by atomic mass is 15.0. The maximum atomic E-state index is 2.48. The van der Waals surface area contributed by atoms with E-state index in [-0.39, 0.29) is 5.41 Å². The van der Waals surface area contributed by atoms with Crippen LogP contribution in [0.15, 0.2) is 176 Å². The van der Waals surface area contributed by atoms with Crippen LogP contribution in [-0.4, -0.2) is 4.57 Å². The molecule has 0 atom stereocenters. The van der Waals surface area contributed by atoms with Gasteiger partial charge in [0.2, 0.25) is 0 Å². The van der Waals surface area contributed by atoms with E-state index < -0.39 is 0 Å². The van der Waals surface area contributed by atoms with Gasteiger partial charge < -0.3 is 4.57 Å². The van der Waals surface area contributed by atoms with Gasteiger partial charge in [-0.3, -0.25) is 0 Å². The topological polar surface area (TPSA) is 4.93 Å². The molecule has 0 N–H and O–H groups in total. The van der Waals surface area contributed by atoms with E-state index in [2.05, 4.69) is 194 Å². The van der Waals surface area contributed by atoms with Gasteiger partial charge in [0.05, 0.1) is 11.0 Å². The maximum Gasteiger partial charge on any atom is 0.0547 e. The number of rotatable bonds is 4. The molecular weight excluding hydrogens is 603 g/mol. The lowest BCUT2D eigenvalue weighted by atomic mass is 9.81. The first-order valence-corrected chi connectivity index (χ1v) is 17.5. The van der Waals surface area contributed by atoms with Gasteiger partial charge in [-0.15, -0.1) is 0 Å². The average Bonchev–Trinajstić information content (AvgIpc) is 3.62. The van der Waals surface area contributed by atoms with Crippen molar-refractivity contribution in [1.82, 2.24) is 4.57 Å². The van der Waals surface area contributed by atoms with Crippen LogP contribution in [0.3, 0.4) is 0 Å². The first kappa shape index (κ1) is 28.8. The summed E-state index contributed by atoms with van der Waals surface area (Å²) >= 11 is 0. The fourth-order valence-electron chi connectivity index (χ4n) is 8.44. The van der Waals surface area contributed by atoms with Crippen LogP contribution in [0.5, 0.6) is 0 Å². The van der Waals surface area contributed by atoms with Crippen molar-refractivity contribution < 1.29 is 0 Å². The standard InChI is InChI=1S/C49H35N/c1-49(2)44-26-23-35-17-9-10-18-40(35)48(44)43-31-47-42(30-45(43)49)41-19-11-12-20-46(41)50(47)39-24-21-34(22-25-39)38-28-36(32-13-5-3-6-14-32)27-37(29-38)33-15-7-4-8-16-33/h3-31H,1-2H3. The summed E-state index contributed by atoms with van der Waals surface area (Å²) in [5.74, 6) is 0. The van der Waals surface area contributed by atoms with Crippen molar-refractivity contribution in [2.24, 2.45) is 0 Å². The van der Waals surface area contributed by atoms with Crippen molar-refractivity contribution in [2.45, 2.75) is 19.3 Å². The number of aromatic nitrogens is 1. The van der Waals surface area contributed by atoms with E-state index in [1.54, 1.807) is 0 Å². The average molecular weight is 638 g/mol. The summed E-state index contributed by atoms with van der Waals surface area (Å²) in [6.07, 6.45) is 0. The molecule has 0 saturated carbocycles. The van der Waals surface area contributed by atoms with E-state index >= 15 is 0 Å². The Labute approximate surface area is 292 Å². The van der Waals surface area contributed by atoms with Crippen molar-refractivity contribution in [2.75, 3.05) is 0 Å². The quantitative estimate of drug-likeness (QED) is 0.181. The summed E-state index contributed by atoms with van der Waals surface area (Å²) in [4.78, 5) is 0. The van der Waals surface area contributed by atoms with Gasteiger partial charge in [-0.1, -0.05) is 141 Å². The number of hydrogen-bond donors (Lipinski definition) is 0. The molecule has 50 heavy (non-hydrogen) atoms. The Morgan fingerprint density at radius 3 is 1.60 bits per heavy atom. The molecule has 0 unspecified atom stereocenters. The lowest BCUT2D eigenvalue weighted by Crippen LogP contribution is -2.14. The number of benzene rings is 8. The smallest absolute Gasteiger partial charge is 0.0547 e. The normalized spacial score (nSPS) is 13.2. The lowest BCUT2D eigenvalue weighted by molar-refractivity contribution is 0.661. The van der Waals surface area contributed by atoms with Gasteiger partial charge in [0.15, 0.2) is 0 Å². The molecule has 8 aromatic carbocycles. The van der Waals surface area contributed by atoms with E-state index in [0.29, 0.717) is 0 Å². The van der Waals surface area contributed by atoms with Crippen molar-refractivity contribution in [3.63, 3.8) is 0 Å². The Morgan fingerprint density at radius 1 is 0.380 bits per heavy atom. The monoisotopic (exact) mass is 637 g/mol. The minimum absolute atomic E-state index is 0.0827. The summed E-state index contributed by atoms with van der Waals surface area (Å²) in [5, 5.41) is 5.21. The molecule has 10 rings (SSSR count). The molecule has 0 spiro atoms. The molecule has 1 aliphatic carbocycles. The van der Waals surface area contributed by atoms with Gasteiger partial charge in [-0.25, -0.2) is 0 Å². The predicted octanol–water partition coefficient (Wildman–Crippen LogP) is 13.2. The van der Waals surface area contributed by atoms with Crippen LogP contribution in [0, 0.1) is 0 Å². The number of para-hydroxylation sites is 1. The van der Waals surface area contributed by atoms with E-state index in [4.69, 9.17) is 0 Å². The summed E-state index contributed by atoms with van der Waals surface area (Å²) in [6, 6.07) is 64.8. The fourth-order valence-corrected chi connectivity index (χ4v) is 8.44. The van der Waals surface area contributed by atoms with Gasteiger partial charge in [-0.2, -0.15) is 0 Å². The second kappa shape index (κ2) is 10.9. The molecule has 1 aliphatic rings. The minimum atomic E-state index is -0.0827. The molecule has 0 amide bonds. The van der Waals surface area contributed by atoms with Crippen LogP contribution in [-0.2, 0) is 5.41 Å². The molecule has 0 saturated heterocycles. The summed E-state index contributed by atoms with van der Waals surface area (Å²) in [7, 11) is 0. The van der Waals surface area contributed by atoms with Crippen molar-refractivity contribution in [1.29, 1.82) is 0 Å². The SMILES string of the molecule is CC1(C)c2cc3c4ccccc4n(-c4ccc(-c5cc(-c6ccccc6)cc(-c6ccccc6)c5)cc4)c3cc2-c2c1ccc1ccccc21. The first-order valence-electron chi connectivity index (χ1n) is 17.5. The van der Waals surface area contributed by atoms with Crippen LogP contribution >= 0.6 is 0 Å². The molecule has 9 aromatic rings. The molecular formula is C49H35N. The predicted molar refractivity (Wildman–Crippen MR) is 212 cm³/mol. The zero-order chi connectivity index (χ0) is 33.4. The van der Waals surface area contributed by atoms with E-state index in [1.165, 1.54) is 88.2 Å². The Balaban J connectivity index is 1.15. The molecule has 1 aromatic heterocycles. The lowest BCUT2D eigenvalue weighted by Gasteiger charge is -2.21. The molecule has 0 radical (unpaired) electrons. The molecule has 0 aliphatic heterocycles. The van der Waals surface area contributed by atoms with Gasteiger partial charge in [0, 0.05) is 21.9 Å². The second-order valence-electron chi connectivity index (χ2n) is 14.2. The molecule has 1 heteroatoms. The summed E-state index contributed by atoms with van der Waals surface area (Å²) in [5.41, 5.74) is 16.4. The second-order valence-corrected chi connectivity index (χ2v) is 14.2. The third-order valence-corrected chi connectivity index (χ3v) is 11.0. The van der Waals surface area contributed by atoms with Crippen LogP contribution in [0.4, 0.5) is 0 Å². The first-order chi connectivity index (χ1) is 24.5. The zero-order valence-corrected chi connectivity index (χ0v) is 28.2. The highest BCUT2D eigenvalue weighted by Crippen LogP contribution is 2.53. The molecule has 0 fully saturated rings. The van der Waals surface area contributed by atoms with Crippen molar-refractivity contribution >= 4 is 32.6 Å². The molecule has 1 heterocycles. The van der Waals surface area contributed by atoms with Crippen molar-refractivity contribution in [3.05, 3.63) is 187 Å². The molecule has 0 bridgehead atoms. The highest BCUT2D eigenvalue weighted by Gasteiger charge is 2.37. The highest BCUT2D eigenvalue weighted by molar-refractivity contribution is 6.13. The number of fused-ring (bicyclic) bond motifs is 8. The summed E-state index contributed by atoms with van der Waals surface area (Å²) in [6.45, 7) is 4.76. The van der Waals surface area contributed by atoms with E-state index in [9.17, 15) is 0 Å². The Bertz CT molecular complexity index is 2690. The van der Waals surface area contributed by atoms with Crippen LogP contribution in [0.2, 0.25) is 0 Å². The maximum absolute atomic E-state index is 2.48. The Kier molecular flexibility index (Phi) is 6.29. The summed E-state index contributed by atoms with van der Waals surface area (Å²) < 4.78 is 2.46. The van der Waals surface area contributed by atoms with Crippen molar-refractivity contribution in [3.8, 4) is 50.2 Å². The Morgan fingerprint density at radius 2 is 0.940 bits per heavy atom. The number of nitrogens with zero attached hydrogens (tertiary/aromatic N) is 1. The van der Waals surface area contributed by atoms with Gasteiger partial charge in [0.25, 0.3) is 0 Å². The third kappa shape index (κ3) is 4.33. The Hall–Kier alpha value is -6.18. The van der Waals surface area contributed by atoms with Crippen LogP contribution < -0.4 is 0 Å². The molecule has 1 nitrogen and oxygen atoms in total. The largest absolute Gasteiger partial charge is 0.309 e. The van der Waals surface area contributed by atoms with Gasteiger partial charge in [-0.05, 0) is 115 Å². The van der Waals surface area contributed by atoms with Crippen LogP contribution in [0.1, 0.15) is 25.0 Å². The van der Waals surface area contributed by atoms with Gasteiger partial charge >= 0.3 is 0 Å². The van der Waals surface area contributed by atoms with E-state index in [1.807, 2.05) is 0 Å². The van der Waals surface area contributed by atoms with Crippen LogP contribution in [0.25, 0.3) is 82.8 Å².